The number of hydrogen-bond acceptors (Lipinski definition) is 3. The zero-order chi connectivity index (χ0) is 15.3. The van der Waals surface area contributed by atoms with Crippen molar-refractivity contribution >= 4 is 16.5 Å². The molecule has 1 aromatic carbocycles. The molecule has 0 amide bonds. The lowest BCUT2D eigenvalue weighted by Crippen LogP contribution is -2.16. The smallest absolute Gasteiger partial charge is 0.200 e. The van der Waals surface area contributed by atoms with Gasteiger partial charge >= 0.3 is 0 Å². The summed E-state index contributed by atoms with van der Waals surface area (Å²) >= 11 is 1.02. The van der Waals surface area contributed by atoms with Crippen LogP contribution in [0.3, 0.4) is 0 Å². The molecule has 1 unspecified atom stereocenters. The summed E-state index contributed by atoms with van der Waals surface area (Å²) in [6.45, 7) is 0. The van der Waals surface area contributed by atoms with Crippen molar-refractivity contribution in [2.75, 3.05) is 5.73 Å². The molecule has 0 radical (unpaired) electrons. The van der Waals surface area contributed by atoms with E-state index < -0.39 is 40.6 Å². The van der Waals surface area contributed by atoms with Crippen molar-refractivity contribution in [2.24, 2.45) is 0 Å². The molecule has 1 aliphatic rings. The summed E-state index contributed by atoms with van der Waals surface area (Å²) in [5.41, 5.74) is 5.34. The Morgan fingerprint density at radius 1 is 0.952 bits per heavy atom. The molecule has 8 heteroatoms. The van der Waals surface area contributed by atoms with E-state index in [1.807, 2.05) is 0 Å². The predicted octanol–water partition coefficient (Wildman–Crippen LogP) is 3.89. The number of fused-ring (bicyclic) bond motifs is 1. The Morgan fingerprint density at radius 2 is 1.52 bits per heavy atom. The van der Waals surface area contributed by atoms with Crippen molar-refractivity contribution in [1.82, 2.24) is 4.98 Å². The minimum atomic E-state index is -2.14. The average Bonchev–Trinajstić information content (AvgIpc) is 2.84. The van der Waals surface area contributed by atoms with Gasteiger partial charge in [0.25, 0.3) is 0 Å². The Morgan fingerprint density at radius 3 is 2.14 bits per heavy atom. The van der Waals surface area contributed by atoms with E-state index in [0.717, 1.165) is 11.3 Å². The Labute approximate surface area is 120 Å². The van der Waals surface area contributed by atoms with Gasteiger partial charge in [-0.1, -0.05) is 0 Å². The van der Waals surface area contributed by atoms with Crippen LogP contribution in [0.15, 0.2) is 0 Å². The molecule has 1 aliphatic carbocycles. The summed E-state index contributed by atoms with van der Waals surface area (Å²) in [5, 5.41) is 0.218. The third-order valence-electron chi connectivity index (χ3n) is 3.56. The number of thiazole rings is 1. The van der Waals surface area contributed by atoms with Crippen LogP contribution in [-0.4, -0.2) is 4.98 Å². The summed E-state index contributed by atoms with van der Waals surface area (Å²) < 4.78 is 67.6. The van der Waals surface area contributed by atoms with E-state index in [4.69, 9.17) is 5.73 Å². The van der Waals surface area contributed by atoms with Gasteiger partial charge in [-0.25, -0.2) is 26.9 Å². The number of aromatic nitrogens is 1. The van der Waals surface area contributed by atoms with Crippen LogP contribution in [0.2, 0.25) is 0 Å². The van der Waals surface area contributed by atoms with Gasteiger partial charge in [-0.3, -0.25) is 0 Å². The molecule has 2 nitrogen and oxygen atoms in total. The lowest BCUT2D eigenvalue weighted by atomic mass is 9.85. The lowest BCUT2D eigenvalue weighted by Gasteiger charge is -2.22. The number of nitrogens with zero attached hydrogens (tertiary/aromatic N) is 1. The molecular weight excluding hydrogens is 311 g/mol. The normalized spacial score (nSPS) is 17.9. The second-order valence-corrected chi connectivity index (χ2v) is 5.85. The maximum atomic E-state index is 13.9. The van der Waals surface area contributed by atoms with Crippen LogP contribution in [0.4, 0.5) is 27.1 Å². The Balaban J connectivity index is 2.23. The van der Waals surface area contributed by atoms with Crippen LogP contribution < -0.4 is 5.73 Å². The maximum Gasteiger partial charge on any atom is 0.200 e. The van der Waals surface area contributed by atoms with Gasteiger partial charge in [-0.15, -0.1) is 11.3 Å². The van der Waals surface area contributed by atoms with Crippen molar-refractivity contribution in [3.63, 3.8) is 0 Å². The molecule has 2 aromatic rings. The minimum Gasteiger partial charge on any atom is -0.375 e. The van der Waals surface area contributed by atoms with Crippen molar-refractivity contribution in [2.45, 2.75) is 25.2 Å². The lowest BCUT2D eigenvalue weighted by molar-refractivity contribution is 0.364. The molecule has 3 rings (SSSR count). The van der Waals surface area contributed by atoms with Crippen molar-refractivity contribution < 1.29 is 22.0 Å². The van der Waals surface area contributed by atoms with Crippen LogP contribution in [0.25, 0.3) is 0 Å². The molecule has 0 bridgehead atoms. The van der Waals surface area contributed by atoms with Gasteiger partial charge in [0.2, 0.25) is 5.82 Å². The number of halogens is 5. The highest BCUT2D eigenvalue weighted by atomic mass is 32.1. The second kappa shape index (κ2) is 4.94. The monoisotopic (exact) mass is 320 g/mol. The quantitative estimate of drug-likeness (QED) is 0.492. The Kier molecular flexibility index (Phi) is 3.35. The van der Waals surface area contributed by atoms with Gasteiger partial charge in [-0.2, -0.15) is 0 Å². The number of hydrogen-bond donors (Lipinski definition) is 1. The van der Waals surface area contributed by atoms with E-state index in [-0.39, 0.29) is 11.6 Å². The average molecular weight is 320 g/mol. The number of benzene rings is 1. The molecule has 1 atom stereocenters. The molecule has 0 aliphatic heterocycles. The molecule has 1 aromatic heterocycles. The molecule has 2 N–H and O–H groups in total. The van der Waals surface area contributed by atoms with E-state index in [9.17, 15) is 22.0 Å². The van der Waals surface area contributed by atoms with E-state index in [0.29, 0.717) is 23.4 Å². The predicted molar refractivity (Wildman–Crippen MR) is 67.5 cm³/mol. The number of nitrogen functional groups attached to an aromatic ring is 1. The van der Waals surface area contributed by atoms with Crippen molar-refractivity contribution in [3.8, 4) is 0 Å². The highest BCUT2D eigenvalue weighted by Gasteiger charge is 2.34. The summed E-state index contributed by atoms with van der Waals surface area (Å²) in [5.74, 6) is -10.5. The number of nitrogens with two attached hydrogens (primary N) is 1. The molecule has 0 saturated carbocycles. The van der Waals surface area contributed by atoms with E-state index >= 15 is 0 Å². The summed E-state index contributed by atoms with van der Waals surface area (Å²) in [6, 6.07) is 0. The van der Waals surface area contributed by atoms with Gasteiger partial charge < -0.3 is 5.73 Å². The van der Waals surface area contributed by atoms with Gasteiger partial charge in [0.05, 0.1) is 5.69 Å². The first kappa shape index (κ1) is 14.2. The minimum absolute atomic E-state index is 0.218. The standard InChI is InChI=1S/C13H9F5N2S/c14-7-6(8(15)10(17)11(18)9(7)16)4-2-1-3-5-12(4)21-13(19)20-5/h4H,1-3H2,(H2,19,20). The first-order valence-corrected chi connectivity index (χ1v) is 6.99. The third kappa shape index (κ3) is 2.08. The van der Waals surface area contributed by atoms with Gasteiger partial charge in [0.15, 0.2) is 28.4 Å². The highest BCUT2D eigenvalue weighted by molar-refractivity contribution is 7.15. The molecule has 0 spiro atoms. The fraction of sp³-hybridized carbons (Fsp3) is 0.308. The molecule has 21 heavy (non-hydrogen) atoms. The maximum absolute atomic E-state index is 13.9. The molecule has 1 heterocycles. The van der Waals surface area contributed by atoms with Crippen LogP contribution in [-0.2, 0) is 6.42 Å². The second-order valence-electron chi connectivity index (χ2n) is 4.79. The van der Waals surface area contributed by atoms with Crippen LogP contribution in [0.5, 0.6) is 0 Å². The van der Waals surface area contributed by atoms with Gasteiger partial charge in [-0.05, 0) is 19.3 Å². The van der Waals surface area contributed by atoms with E-state index in [2.05, 4.69) is 4.98 Å². The van der Waals surface area contributed by atoms with Gasteiger partial charge in [0, 0.05) is 16.4 Å². The van der Waals surface area contributed by atoms with Crippen LogP contribution in [0, 0.1) is 29.1 Å². The highest BCUT2D eigenvalue weighted by Crippen LogP contribution is 2.43. The third-order valence-corrected chi connectivity index (χ3v) is 4.60. The molecule has 0 fully saturated rings. The summed E-state index contributed by atoms with van der Waals surface area (Å²) in [7, 11) is 0. The van der Waals surface area contributed by atoms with E-state index in [1.165, 1.54) is 0 Å². The van der Waals surface area contributed by atoms with Crippen LogP contribution >= 0.6 is 11.3 Å². The SMILES string of the molecule is Nc1nc2c(s1)C(c1c(F)c(F)c(F)c(F)c1F)CCC2. The number of anilines is 1. The van der Waals surface area contributed by atoms with Gasteiger partial charge in [0.1, 0.15) is 0 Å². The summed E-state index contributed by atoms with van der Waals surface area (Å²) in [4.78, 5) is 4.51. The topological polar surface area (TPSA) is 38.9 Å². The first-order valence-electron chi connectivity index (χ1n) is 6.18. The fourth-order valence-corrected chi connectivity index (χ4v) is 3.67. The molecule has 112 valence electrons. The van der Waals surface area contributed by atoms with Crippen molar-refractivity contribution in [3.05, 3.63) is 45.2 Å². The zero-order valence-corrected chi connectivity index (χ0v) is 11.3. The summed E-state index contributed by atoms with van der Waals surface area (Å²) in [6.07, 6.45) is 1.41. The zero-order valence-electron chi connectivity index (χ0n) is 10.5. The molecule has 0 saturated heterocycles. The Bertz CT molecular complexity index is 699. The fourth-order valence-electron chi connectivity index (χ4n) is 2.64. The number of aryl methyl sites for hydroxylation is 1. The largest absolute Gasteiger partial charge is 0.375 e. The Hall–Kier alpha value is -1.70. The molecular formula is C13H9F5N2S. The van der Waals surface area contributed by atoms with Crippen molar-refractivity contribution in [1.29, 1.82) is 0 Å². The van der Waals surface area contributed by atoms with Crippen LogP contribution in [0.1, 0.15) is 34.9 Å². The van der Waals surface area contributed by atoms with E-state index in [1.54, 1.807) is 0 Å². The first-order chi connectivity index (χ1) is 9.91. The number of rotatable bonds is 1.